The van der Waals surface area contributed by atoms with Crippen molar-refractivity contribution in [2.24, 2.45) is 11.8 Å². The second-order valence-electron chi connectivity index (χ2n) is 9.60. The molecular weight excluding hydrogens is 418 g/mol. The molecule has 8 nitrogen and oxygen atoms in total. The highest BCUT2D eigenvalue weighted by atomic mass is 32.2. The first-order valence-corrected chi connectivity index (χ1v) is 13.1. The highest BCUT2D eigenvalue weighted by Gasteiger charge is 2.61. The zero-order chi connectivity index (χ0) is 22.2. The van der Waals surface area contributed by atoms with Gasteiger partial charge in [-0.25, -0.2) is 8.42 Å². The Balaban J connectivity index is 1.56. The summed E-state index contributed by atoms with van der Waals surface area (Å²) in [6.45, 7) is 2.46. The predicted octanol–water partition coefficient (Wildman–Crippen LogP) is 1.62. The molecule has 0 spiro atoms. The van der Waals surface area contributed by atoms with Gasteiger partial charge in [0, 0.05) is 18.4 Å². The van der Waals surface area contributed by atoms with Crippen molar-refractivity contribution >= 4 is 27.7 Å². The van der Waals surface area contributed by atoms with E-state index in [2.05, 4.69) is 10.0 Å². The van der Waals surface area contributed by atoms with Crippen LogP contribution in [0.3, 0.4) is 0 Å². The normalized spacial score (nSPS) is 35.8. The first kappa shape index (κ1) is 22.3. The summed E-state index contributed by atoms with van der Waals surface area (Å²) in [6.07, 6.45) is 11.4. The van der Waals surface area contributed by atoms with Gasteiger partial charge in [0.1, 0.15) is 11.6 Å². The molecule has 2 saturated carbocycles. The number of hydrogen-bond donors (Lipinski definition) is 2. The van der Waals surface area contributed by atoms with Crippen molar-refractivity contribution in [2.75, 3.05) is 6.54 Å². The van der Waals surface area contributed by atoms with Gasteiger partial charge in [0.2, 0.25) is 21.8 Å². The number of amides is 3. The van der Waals surface area contributed by atoms with Gasteiger partial charge in [-0.3, -0.25) is 19.1 Å². The summed E-state index contributed by atoms with van der Waals surface area (Å²) in [5, 5.41) is 2.35. The third-order valence-corrected chi connectivity index (χ3v) is 8.92. The molecular formula is C22H33N3O5S. The molecule has 4 aliphatic rings. The lowest BCUT2D eigenvalue weighted by Gasteiger charge is -2.28. The van der Waals surface area contributed by atoms with Crippen LogP contribution in [0.2, 0.25) is 0 Å². The highest BCUT2D eigenvalue weighted by molar-refractivity contribution is 7.91. The maximum Gasteiger partial charge on any atom is 0.259 e. The van der Waals surface area contributed by atoms with E-state index in [1.165, 1.54) is 0 Å². The van der Waals surface area contributed by atoms with Gasteiger partial charge in [-0.15, -0.1) is 0 Å². The van der Waals surface area contributed by atoms with Crippen LogP contribution in [0.4, 0.5) is 0 Å². The van der Waals surface area contributed by atoms with Crippen molar-refractivity contribution in [2.45, 2.75) is 88.0 Å². The average Bonchev–Trinajstić information content (AvgIpc) is 3.63. The molecule has 9 heteroatoms. The number of fused-ring (bicyclic) bond motifs is 2. The molecule has 0 aromatic heterocycles. The largest absolute Gasteiger partial charge is 0.339 e. The van der Waals surface area contributed by atoms with Crippen LogP contribution in [-0.2, 0) is 24.4 Å². The Hall–Kier alpha value is -1.90. The van der Waals surface area contributed by atoms with E-state index in [0.29, 0.717) is 32.2 Å². The minimum atomic E-state index is -3.70. The van der Waals surface area contributed by atoms with Crippen LogP contribution in [0.1, 0.15) is 71.1 Å². The van der Waals surface area contributed by atoms with Gasteiger partial charge >= 0.3 is 0 Å². The molecule has 172 valence electrons. The molecule has 31 heavy (non-hydrogen) atoms. The molecule has 0 aromatic carbocycles. The Morgan fingerprint density at radius 2 is 1.90 bits per heavy atom. The summed E-state index contributed by atoms with van der Waals surface area (Å²) in [5.41, 5.74) is -1.25. The van der Waals surface area contributed by atoms with Crippen LogP contribution >= 0.6 is 0 Å². The number of sulfonamides is 1. The molecule has 0 bridgehead atoms. The molecule has 4 atom stereocenters. The number of nitrogens with zero attached hydrogens (tertiary/aromatic N) is 1. The van der Waals surface area contributed by atoms with E-state index in [1.807, 2.05) is 19.1 Å². The van der Waals surface area contributed by atoms with Crippen molar-refractivity contribution in [3.8, 4) is 0 Å². The van der Waals surface area contributed by atoms with Crippen molar-refractivity contribution in [1.29, 1.82) is 0 Å². The molecule has 0 aromatic rings. The van der Waals surface area contributed by atoms with E-state index in [4.69, 9.17) is 0 Å². The number of hydrogen-bond acceptors (Lipinski definition) is 5. The van der Waals surface area contributed by atoms with Gasteiger partial charge < -0.3 is 10.2 Å². The number of carbonyl (C=O) groups is 3. The average molecular weight is 452 g/mol. The van der Waals surface area contributed by atoms with Crippen molar-refractivity contribution in [3.63, 3.8) is 0 Å². The maximum atomic E-state index is 13.2. The van der Waals surface area contributed by atoms with E-state index in [1.54, 1.807) is 4.90 Å². The summed E-state index contributed by atoms with van der Waals surface area (Å²) in [5.74, 6) is -1.39. The van der Waals surface area contributed by atoms with E-state index in [-0.39, 0.29) is 23.7 Å². The van der Waals surface area contributed by atoms with Crippen LogP contribution in [0.15, 0.2) is 12.2 Å². The Morgan fingerprint density at radius 1 is 1.13 bits per heavy atom. The zero-order valence-corrected chi connectivity index (χ0v) is 19.0. The quantitative estimate of drug-likeness (QED) is 0.633. The zero-order valence-electron chi connectivity index (χ0n) is 18.1. The Bertz CT molecular complexity index is 882. The highest BCUT2D eigenvalue weighted by Crippen LogP contribution is 2.46. The molecule has 2 heterocycles. The van der Waals surface area contributed by atoms with Gasteiger partial charge in [0.15, 0.2) is 0 Å². The number of rotatable bonds is 3. The number of allylic oxidation sites excluding steroid dienone is 1. The molecule has 3 amide bonds. The van der Waals surface area contributed by atoms with Crippen LogP contribution < -0.4 is 10.0 Å². The number of carbonyl (C=O) groups excluding carboxylic acids is 3. The molecule has 1 unspecified atom stereocenters. The first-order valence-electron chi connectivity index (χ1n) is 11.6. The fourth-order valence-electron chi connectivity index (χ4n) is 4.83. The second kappa shape index (κ2) is 8.56. The molecule has 2 N–H and O–H groups in total. The van der Waals surface area contributed by atoms with Crippen molar-refractivity contribution < 1.29 is 22.8 Å². The van der Waals surface area contributed by atoms with Gasteiger partial charge in [-0.2, -0.15) is 0 Å². The lowest BCUT2D eigenvalue weighted by atomic mass is 10.0. The van der Waals surface area contributed by atoms with E-state index in [9.17, 15) is 22.8 Å². The van der Waals surface area contributed by atoms with Crippen LogP contribution in [-0.4, -0.2) is 54.4 Å². The summed E-state index contributed by atoms with van der Waals surface area (Å²) in [7, 11) is -3.70. The third-order valence-electron chi connectivity index (χ3n) is 7.10. The first-order chi connectivity index (χ1) is 14.7. The summed E-state index contributed by atoms with van der Waals surface area (Å²) in [6, 6.07) is -0.602. The minimum absolute atomic E-state index is 0.00666. The topological polar surface area (TPSA) is 113 Å². The molecule has 4 rings (SSSR count). The maximum absolute atomic E-state index is 13.2. The van der Waals surface area contributed by atoms with E-state index >= 15 is 0 Å². The SMILES string of the molecule is C[C@H]1CCCCC/C=C\[C@@H]2C[C@@]2(C(=O)NS(=O)(=O)C2CC2)NC(=O)C2CCCN2C1=O. The van der Waals surface area contributed by atoms with Gasteiger partial charge in [-0.1, -0.05) is 31.9 Å². The summed E-state index contributed by atoms with van der Waals surface area (Å²) < 4.78 is 26.9. The second-order valence-corrected chi connectivity index (χ2v) is 11.6. The summed E-state index contributed by atoms with van der Waals surface area (Å²) in [4.78, 5) is 40.8. The van der Waals surface area contributed by atoms with Crippen LogP contribution in [0.5, 0.6) is 0 Å². The van der Waals surface area contributed by atoms with Crippen molar-refractivity contribution in [3.05, 3.63) is 12.2 Å². The van der Waals surface area contributed by atoms with Gasteiger partial charge in [0.05, 0.1) is 5.25 Å². The predicted molar refractivity (Wildman–Crippen MR) is 115 cm³/mol. The van der Waals surface area contributed by atoms with Gasteiger partial charge in [0.25, 0.3) is 5.91 Å². The van der Waals surface area contributed by atoms with E-state index < -0.39 is 32.8 Å². The Kier molecular flexibility index (Phi) is 6.16. The third kappa shape index (κ3) is 4.66. The van der Waals surface area contributed by atoms with E-state index in [0.717, 1.165) is 38.5 Å². The fourth-order valence-corrected chi connectivity index (χ4v) is 6.19. The molecule has 2 aliphatic heterocycles. The fraction of sp³-hybridized carbons (Fsp3) is 0.773. The monoisotopic (exact) mass is 451 g/mol. The smallest absolute Gasteiger partial charge is 0.259 e. The molecule has 0 radical (unpaired) electrons. The lowest BCUT2D eigenvalue weighted by molar-refractivity contribution is -0.142. The molecule has 2 aliphatic carbocycles. The van der Waals surface area contributed by atoms with Gasteiger partial charge in [-0.05, 0) is 51.4 Å². The summed E-state index contributed by atoms with van der Waals surface area (Å²) >= 11 is 0. The standard InChI is InChI=1S/C22H33N3O5S/c1-15-8-5-3-2-4-6-9-16-14-22(16,21(28)24-31(29,30)17-11-12-17)23-19(26)18-10-7-13-25(18)20(15)27/h6,9,15-18H,2-5,7-8,10-14H2,1H3,(H,23,26)(H,24,28)/b9-6-/t15-,16+,18?,22+/m0/s1. The lowest BCUT2D eigenvalue weighted by Crippen LogP contribution is -2.57. The minimum Gasteiger partial charge on any atom is -0.339 e. The van der Waals surface area contributed by atoms with Crippen LogP contribution in [0, 0.1) is 11.8 Å². The molecule has 3 fully saturated rings. The molecule has 1 saturated heterocycles. The Morgan fingerprint density at radius 3 is 2.65 bits per heavy atom. The van der Waals surface area contributed by atoms with Crippen molar-refractivity contribution in [1.82, 2.24) is 14.9 Å². The number of nitrogens with one attached hydrogen (secondary N) is 2. The Labute approximate surface area is 184 Å². The van der Waals surface area contributed by atoms with Crippen LogP contribution in [0.25, 0.3) is 0 Å².